The summed E-state index contributed by atoms with van der Waals surface area (Å²) in [6.07, 6.45) is -1.36. The number of anilines is 5. The number of aryl methyl sites for hydroxylation is 2. The number of alkyl halides is 6. The molecule has 20 heteroatoms. The zero-order valence-electron chi connectivity index (χ0n) is 26.6. The molecule has 6 bridgehead atoms. The lowest BCUT2D eigenvalue weighted by Gasteiger charge is -2.31. The summed E-state index contributed by atoms with van der Waals surface area (Å²) >= 11 is 7.73. The fourth-order valence-corrected chi connectivity index (χ4v) is 6.02. The second kappa shape index (κ2) is 16.0. The summed E-state index contributed by atoms with van der Waals surface area (Å²) in [6.45, 7) is 1.27. The van der Waals surface area contributed by atoms with Crippen molar-refractivity contribution in [3.63, 3.8) is 0 Å². The second-order valence-corrected chi connectivity index (χ2v) is 12.9. The number of piperidine rings is 1. The van der Waals surface area contributed by atoms with E-state index in [9.17, 15) is 45.5 Å². The lowest BCUT2D eigenvalue weighted by atomic mass is 9.93. The van der Waals surface area contributed by atoms with Gasteiger partial charge in [0.25, 0.3) is 5.91 Å². The van der Waals surface area contributed by atoms with Crippen molar-refractivity contribution in [2.75, 3.05) is 29.0 Å². The molecule has 0 unspecified atom stereocenters. The van der Waals surface area contributed by atoms with Crippen molar-refractivity contribution >= 4 is 75.1 Å². The number of hydrogen-bond donors (Lipinski definition) is 3. The summed E-state index contributed by atoms with van der Waals surface area (Å²) in [5, 5.41) is 12.3. The van der Waals surface area contributed by atoms with E-state index in [1.165, 1.54) is 11.3 Å². The largest absolute Gasteiger partial charge is 0.458 e. The van der Waals surface area contributed by atoms with Crippen molar-refractivity contribution in [2.45, 2.75) is 44.5 Å². The average Bonchev–Trinajstić information content (AvgIpc) is 3.64. The van der Waals surface area contributed by atoms with E-state index in [-0.39, 0.29) is 17.7 Å². The number of aromatic nitrogens is 4. The van der Waals surface area contributed by atoms with Crippen molar-refractivity contribution in [2.24, 2.45) is 5.92 Å². The number of nitrogens with one attached hydrogen (secondary N) is 3. The van der Waals surface area contributed by atoms with Gasteiger partial charge >= 0.3 is 23.9 Å². The van der Waals surface area contributed by atoms with Gasteiger partial charge in [-0.2, -0.15) is 31.3 Å². The summed E-state index contributed by atoms with van der Waals surface area (Å²) in [5.74, 6) is -5.76. The number of carbonyl (C=O) groups excluding carboxylic acids is 4. The molecule has 12 nitrogen and oxygen atoms in total. The molecule has 5 heterocycles. The first kappa shape index (κ1) is 38.1. The van der Waals surface area contributed by atoms with Crippen LogP contribution >= 0.6 is 22.9 Å². The normalized spacial score (nSPS) is 14.6. The molecule has 1 aromatic carbocycles. The number of fused-ring (bicyclic) bond motifs is 6. The van der Waals surface area contributed by atoms with Crippen LogP contribution in [0.15, 0.2) is 54.4 Å². The molecule has 2 aliphatic heterocycles. The highest BCUT2D eigenvalue weighted by atomic mass is 35.5. The van der Waals surface area contributed by atoms with E-state index >= 15 is 0 Å². The number of amides is 2. The van der Waals surface area contributed by atoms with E-state index in [0.717, 1.165) is 47.5 Å². The molecule has 6 rings (SSSR count). The third-order valence-corrected chi connectivity index (χ3v) is 8.87. The fourth-order valence-electron chi connectivity index (χ4n) is 5.28. The Balaban J connectivity index is 0.000000376. The Labute approximate surface area is 300 Å². The molecule has 0 aliphatic carbocycles. The maximum Gasteiger partial charge on any atom is 0.458 e. The SMILES string of the molecule is O=C(C(=O)C(F)(F)F)C(F)(F)F.O=C(CC1CCN(C(=O)c2nccs2)CC1)Nc1ccc2cc1CCc1cncc(c1)Nc1ncc(Cl)c(n1)N2. The molecule has 0 spiro atoms. The van der Waals surface area contributed by atoms with Crippen LogP contribution in [0.1, 0.15) is 40.2 Å². The average molecular weight is 769 g/mol. The highest BCUT2D eigenvalue weighted by Gasteiger charge is 2.54. The smallest absolute Gasteiger partial charge is 0.339 e. The molecule has 4 aromatic rings. The van der Waals surface area contributed by atoms with E-state index in [4.69, 9.17) is 11.6 Å². The van der Waals surface area contributed by atoms with Gasteiger partial charge in [-0.1, -0.05) is 11.6 Å². The molecule has 2 amide bonds. The van der Waals surface area contributed by atoms with Crippen LogP contribution in [0.2, 0.25) is 5.02 Å². The van der Waals surface area contributed by atoms with Gasteiger partial charge in [0.05, 0.1) is 18.1 Å². The quantitative estimate of drug-likeness (QED) is 0.147. The number of nitrogens with zero attached hydrogens (tertiary/aromatic N) is 5. The summed E-state index contributed by atoms with van der Waals surface area (Å²) in [7, 11) is 0. The Hall–Kier alpha value is -5.17. The second-order valence-electron chi connectivity index (χ2n) is 11.6. The third-order valence-electron chi connectivity index (χ3n) is 7.83. The van der Waals surface area contributed by atoms with Gasteiger partial charge in [-0.25, -0.2) is 9.97 Å². The predicted molar refractivity (Wildman–Crippen MR) is 178 cm³/mol. The molecule has 274 valence electrons. The van der Waals surface area contributed by atoms with Gasteiger partial charge in [0, 0.05) is 48.7 Å². The highest BCUT2D eigenvalue weighted by molar-refractivity contribution is 7.11. The van der Waals surface area contributed by atoms with Crippen LogP contribution in [0.5, 0.6) is 0 Å². The molecule has 0 radical (unpaired) electrons. The predicted octanol–water partition coefficient (Wildman–Crippen LogP) is 6.70. The number of carbonyl (C=O) groups is 4. The summed E-state index contributed by atoms with van der Waals surface area (Å²) < 4.78 is 67.0. The summed E-state index contributed by atoms with van der Waals surface area (Å²) in [6, 6.07) is 7.84. The van der Waals surface area contributed by atoms with E-state index in [0.29, 0.717) is 47.7 Å². The van der Waals surface area contributed by atoms with Crippen LogP contribution < -0.4 is 16.0 Å². The first-order chi connectivity index (χ1) is 24.6. The van der Waals surface area contributed by atoms with Gasteiger partial charge in [0.2, 0.25) is 11.9 Å². The van der Waals surface area contributed by atoms with Crippen molar-refractivity contribution in [3.05, 3.63) is 75.6 Å². The number of Topliss-reactive ketones (excluding diaryl/α,β-unsaturated/α-hetero) is 2. The zero-order valence-corrected chi connectivity index (χ0v) is 28.2. The first-order valence-corrected chi connectivity index (χ1v) is 16.7. The number of pyridine rings is 1. The molecular formula is C32H27ClF6N8O4S. The van der Waals surface area contributed by atoms with Crippen LogP contribution in [0.3, 0.4) is 0 Å². The number of benzene rings is 1. The van der Waals surface area contributed by atoms with Crippen LogP contribution in [0.4, 0.5) is 55.2 Å². The van der Waals surface area contributed by atoms with Crippen LogP contribution in [-0.4, -0.2) is 73.7 Å². The van der Waals surface area contributed by atoms with Gasteiger partial charge in [0.15, 0.2) is 10.8 Å². The minimum Gasteiger partial charge on any atom is -0.339 e. The summed E-state index contributed by atoms with van der Waals surface area (Å²) in [4.78, 5) is 64.0. The topological polar surface area (TPSA) is 159 Å². The van der Waals surface area contributed by atoms with E-state index in [2.05, 4.69) is 35.9 Å². The molecule has 0 saturated carbocycles. The van der Waals surface area contributed by atoms with Crippen molar-refractivity contribution in [3.8, 4) is 0 Å². The Kier molecular flexibility index (Phi) is 11.7. The molecular weight excluding hydrogens is 742 g/mol. The molecule has 1 saturated heterocycles. The molecule has 0 atom stereocenters. The van der Waals surface area contributed by atoms with Crippen molar-refractivity contribution in [1.82, 2.24) is 24.8 Å². The van der Waals surface area contributed by atoms with Crippen LogP contribution in [0.25, 0.3) is 0 Å². The third kappa shape index (κ3) is 9.99. The standard InChI is InChI=1S/C28H27ClN8O2S.C4F6O2/c29-22-16-32-28-34-21-11-18(14-30-15-21)1-2-19-13-20(33-25(22)36-28)3-4-23(19)35-24(38)12-17-5-8-37(9-6-17)27(39)26-31-7-10-40-26;5-3(6,7)1(11)2(12)4(8,9)10/h3-4,7,10-11,13-17H,1-2,5-6,8-9,12H2,(H,35,38)(H2,32,33,34,36);. The molecule has 52 heavy (non-hydrogen) atoms. The molecule has 3 N–H and O–H groups in total. The van der Waals surface area contributed by atoms with E-state index < -0.39 is 23.9 Å². The monoisotopic (exact) mass is 768 g/mol. The van der Waals surface area contributed by atoms with Gasteiger partial charge in [-0.05, 0) is 67.0 Å². The zero-order chi connectivity index (χ0) is 37.6. The Morgan fingerprint density at radius 3 is 2.27 bits per heavy atom. The van der Waals surface area contributed by atoms with Crippen molar-refractivity contribution < 1.29 is 45.5 Å². The van der Waals surface area contributed by atoms with Gasteiger partial charge < -0.3 is 20.9 Å². The Bertz CT molecular complexity index is 1930. The maximum atomic E-state index is 13.1. The number of likely N-dealkylation sites (tertiary alicyclic amines) is 1. The lowest BCUT2D eigenvalue weighted by Crippen LogP contribution is -2.39. The molecule has 1 fully saturated rings. The lowest BCUT2D eigenvalue weighted by molar-refractivity contribution is -0.193. The maximum absolute atomic E-state index is 13.1. The number of thiazole rings is 1. The van der Waals surface area contributed by atoms with Crippen LogP contribution in [0, 0.1) is 5.92 Å². The summed E-state index contributed by atoms with van der Waals surface area (Å²) in [5.41, 5.74) is 4.41. The van der Waals surface area contributed by atoms with Gasteiger partial charge in [-0.3, -0.25) is 24.2 Å². The number of rotatable bonds is 5. The van der Waals surface area contributed by atoms with E-state index in [1.54, 1.807) is 18.6 Å². The number of hydrogen-bond acceptors (Lipinski definition) is 11. The first-order valence-electron chi connectivity index (χ1n) is 15.4. The minimum atomic E-state index is -5.77. The van der Waals surface area contributed by atoms with E-state index in [1.807, 2.05) is 40.7 Å². The Morgan fingerprint density at radius 2 is 1.62 bits per heavy atom. The Morgan fingerprint density at radius 1 is 0.904 bits per heavy atom. The van der Waals surface area contributed by atoms with Gasteiger partial charge in [-0.15, -0.1) is 11.3 Å². The number of ketones is 2. The van der Waals surface area contributed by atoms with Crippen molar-refractivity contribution in [1.29, 1.82) is 0 Å². The molecule has 3 aromatic heterocycles. The fraction of sp³-hybridized carbons (Fsp3) is 0.312. The highest BCUT2D eigenvalue weighted by Crippen LogP contribution is 2.30. The number of halogens is 7. The van der Waals surface area contributed by atoms with Gasteiger partial charge in [0.1, 0.15) is 5.02 Å². The molecule has 2 aliphatic rings. The minimum absolute atomic E-state index is 0.0254. The van der Waals surface area contributed by atoms with Crippen LogP contribution in [-0.2, 0) is 27.2 Å².